The van der Waals surface area contributed by atoms with Crippen molar-refractivity contribution in [3.8, 4) is 5.75 Å². The lowest BCUT2D eigenvalue weighted by Crippen LogP contribution is -2.56. The summed E-state index contributed by atoms with van der Waals surface area (Å²) >= 11 is 0. The third kappa shape index (κ3) is 63.9. The summed E-state index contributed by atoms with van der Waals surface area (Å²) in [5.41, 5.74) is 0.0240. The number of hydrogen-bond acceptors (Lipinski definition) is 20. The molecule has 0 aromatic heterocycles. The SMILES string of the molecule is CC(C)(C)CCCNC(=O)C(O)COC(C)(C)C.CC(C)(C)NC1CC(COC(C)(C)C)CC1O.CC(C)(C)N[C@@H](Cc1ccc(O)cc1)C(=O)NCCOC(C)(C)C.CC(C)OCCOP(=O)(CCNC(C)(C)C)OCCO.C[C@@H](O)[C@H](NC(C)(C)C)C(=O)NCCOC(C)(C)C. The molecule has 0 saturated heterocycles. The predicted octanol–water partition coefficient (Wildman–Crippen LogP) is 10.1. The van der Waals surface area contributed by atoms with Crippen LogP contribution in [0.25, 0.3) is 0 Å². The number of carbonyl (C=O) groups excluding carboxylic acids is 3. The van der Waals surface area contributed by atoms with Gasteiger partial charge in [0.15, 0.2) is 6.10 Å². The number of hydrogen-bond donors (Lipinski definition) is 12. The fourth-order valence-electron chi connectivity index (χ4n) is 8.83. The summed E-state index contributed by atoms with van der Waals surface area (Å²) in [5.74, 6) is 0.0954. The molecule has 1 saturated carbocycles. The summed E-state index contributed by atoms with van der Waals surface area (Å²) in [6.45, 7) is 64.4. The van der Waals surface area contributed by atoms with E-state index in [9.17, 15) is 39.4 Å². The van der Waals surface area contributed by atoms with Crippen LogP contribution in [-0.2, 0) is 58.1 Å². The standard InChI is InChI=1S/C19H32N2O3.C14H30N2O3.C14H29NO3.C14H29NO2.C13H30NO5P/c1-18(2,3)21-16(13-14-7-9-15(22)10-8-14)17(23)20-11-12-24-19(4,5)6;1-10(17)11(16-13(2,3)4)12(18)15-8-9-19-14(5,6)7;1-13(2,3)8-7-9-15-12(17)11(16)10-18-14(4,5)6;1-13(2,3)15-11-7-10(8-12(11)16)9-17-14(4,5)6;1-12(2)17-9-10-19-20(16,18-8-7-15)11-6-14-13(3,4)5/h7-10,16,21-22H,11-13H2,1-6H3,(H,20,23);10-11,16-17H,8-9H2,1-7H3,(H,15,18);11,16H,7-10H2,1-6H3,(H,15,17);10-12,15-16H,7-9H2,1-6H3;12,14-15H,6-11H2,1-5H3/t16-;10-,11+;;;/m01.../s1. The van der Waals surface area contributed by atoms with Crippen molar-refractivity contribution in [1.29, 1.82) is 0 Å². The second kappa shape index (κ2) is 46.7. The predicted molar refractivity (Wildman–Crippen MR) is 399 cm³/mol. The van der Waals surface area contributed by atoms with Crippen LogP contribution in [0.15, 0.2) is 24.3 Å². The van der Waals surface area contributed by atoms with E-state index in [-0.39, 0.29) is 130 Å². The molecule has 0 heterocycles. The van der Waals surface area contributed by atoms with Crippen LogP contribution in [0, 0.1) is 11.3 Å². The second-order valence-corrected chi connectivity index (χ2v) is 37.2. The van der Waals surface area contributed by atoms with E-state index in [2.05, 4.69) is 99.5 Å². The first kappa shape index (κ1) is 99.2. The minimum atomic E-state index is -3.18. The number of rotatable bonds is 33. The van der Waals surface area contributed by atoms with Gasteiger partial charge in [0, 0.05) is 54.4 Å². The fourth-order valence-corrected chi connectivity index (χ4v) is 10.3. The van der Waals surface area contributed by atoms with Gasteiger partial charge >= 0.3 is 7.60 Å². The average molecular weight is 1430 g/mol. The Morgan fingerprint density at radius 1 is 0.561 bits per heavy atom. The molecule has 98 heavy (non-hydrogen) atoms. The van der Waals surface area contributed by atoms with Gasteiger partial charge in [-0.1, -0.05) is 32.9 Å². The Morgan fingerprint density at radius 2 is 1.04 bits per heavy atom. The number of carbonyl (C=O) groups is 3. The van der Waals surface area contributed by atoms with Gasteiger partial charge in [0.2, 0.25) is 11.8 Å². The minimum Gasteiger partial charge on any atom is -0.508 e. The van der Waals surface area contributed by atoms with Crippen molar-refractivity contribution in [2.75, 3.05) is 85.2 Å². The Balaban J connectivity index is -0.00000116. The molecule has 12 N–H and O–H groups in total. The van der Waals surface area contributed by atoms with E-state index in [0.717, 1.165) is 37.9 Å². The Kier molecular flexibility index (Phi) is 47.3. The molecule has 0 bridgehead atoms. The van der Waals surface area contributed by atoms with Crippen LogP contribution in [0.3, 0.4) is 0 Å². The lowest BCUT2D eigenvalue weighted by atomic mass is 9.91. The maximum Gasteiger partial charge on any atom is 0.332 e. The number of ether oxygens (including phenoxy) is 5. The quantitative estimate of drug-likeness (QED) is 0.0230. The number of nitrogens with one attached hydrogen (secondary N) is 7. The third-order valence-electron chi connectivity index (χ3n) is 13.1. The summed E-state index contributed by atoms with van der Waals surface area (Å²) in [4.78, 5) is 36.1. The lowest BCUT2D eigenvalue weighted by molar-refractivity contribution is -0.135. The molecular weight excluding hydrogens is 1270 g/mol. The number of phenolic OH excluding ortho intramolecular Hbond substituents is 1. The van der Waals surface area contributed by atoms with E-state index in [1.165, 1.54) is 0 Å². The van der Waals surface area contributed by atoms with Crippen molar-refractivity contribution in [2.24, 2.45) is 11.3 Å². The van der Waals surface area contributed by atoms with Crippen molar-refractivity contribution in [3.63, 3.8) is 0 Å². The summed E-state index contributed by atoms with van der Waals surface area (Å²) in [5, 5.41) is 69.1. The Labute approximate surface area is 596 Å². The molecule has 1 aliphatic carbocycles. The van der Waals surface area contributed by atoms with Crippen LogP contribution in [0.5, 0.6) is 5.75 Å². The summed E-state index contributed by atoms with van der Waals surface area (Å²) in [6, 6.07) is 6.20. The Morgan fingerprint density at radius 3 is 1.47 bits per heavy atom. The number of aliphatic hydroxyl groups excluding tert-OH is 4. The van der Waals surface area contributed by atoms with Crippen molar-refractivity contribution in [2.45, 2.75) is 327 Å². The molecule has 8 atom stereocenters. The summed E-state index contributed by atoms with van der Waals surface area (Å²) in [7, 11) is -3.18. The van der Waals surface area contributed by atoms with E-state index >= 15 is 0 Å². The van der Waals surface area contributed by atoms with Gasteiger partial charge < -0.3 is 90.2 Å². The van der Waals surface area contributed by atoms with Gasteiger partial charge in [-0.3, -0.25) is 24.3 Å². The highest BCUT2D eigenvalue weighted by Gasteiger charge is 2.36. The fraction of sp³-hybridized carbons (Fsp3) is 0.878. The minimum absolute atomic E-state index is 0.0117. The molecule has 24 heteroatoms. The smallest absolute Gasteiger partial charge is 0.332 e. The zero-order valence-electron chi connectivity index (χ0n) is 67.3. The largest absolute Gasteiger partial charge is 0.508 e. The van der Waals surface area contributed by atoms with E-state index in [0.29, 0.717) is 58.3 Å². The summed E-state index contributed by atoms with van der Waals surface area (Å²) < 4.78 is 50.6. The molecule has 1 fully saturated rings. The maximum absolute atomic E-state index is 12.5. The average Bonchev–Trinajstić information content (AvgIpc) is 1.61. The number of aromatic hydroxyl groups is 1. The number of benzene rings is 1. The Hall–Kier alpha value is -2.94. The summed E-state index contributed by atoms with van der Waals surface area (Å²) in [6.07, 6.45) is 2.70. The number of aliphatic hydroxyl groups is 4. The van der Waals surface area contributed by atoms with Crippen molar-refractivity contribution < 1.29 is 77.2 Å². The molecule has 0 radical (unpaired) electrons. The van der Waals surface area contributed by atoms with E-state index < -0.39 is 25.8 Å². The van der Waals surface area contributed by atoms with Crippen molar-refractivity contribution in [3.05, 3.63) is 29.8 Å². The first-order chi connectivity index (χ1) is 44.1. The highest BCUT2D eigenvalue weighted by molar-refractivity contribution is 7.53. The van der Waals surface area contributed by atoms with Gasteiger partial charge in [-0.25, -0.2) is 0 Å². The second-order valence-electron chi connectivity index (χ2n) is 35.0. The van der Waals surface area contributed by atoms with Gasteiger partial charge in [0.25, 0.3) is 5.91 Å². The molecule has 3 amide bonds. The van der Waals surface area contributed by atoms with Crippen LogP contribution in [0.1, 0.15) is 239 Å². The van der Waals surface area contributed by atoms with Crippen LogP contribution in [0.4, 0.5) is 0 Å². The Bertz CT molecular complexity index is 2300. The maximum atomic E-state index is 12.5. The topological polar surface area (TPSA) is 318 Å². The van der Waals surface area contributed by atoms with Gasteiger partial charge in [-0.05, 0) is 248 Å². The van der Waals surface area contributed by atoms with Crippen molar-refractivity contribution in [1.82, 2.24) is 37.2 Å². The van der Waals surface area contributed by atoms with Crippen molar-refractivity contribution >= 4 is 25.3 Å². The molecule has 1 aliphatic rings. The first-order valence-corrected chi connectivity index (χ1v) is 37.3. The molecule has 582 valence electrons. The highest BCUT2D eigenvalue weighted by atomic mass is 31.2. The molecule has 1 aromatic rings. The monoisotopic (exact) mass is 1420 g/mol. The van der Waals surface area contributed by atoms with Crippen LogP contribution in [0.2, 0.25) is 0 Å². The first-order valence-electron chi connectivity index (χ1n) is 35.5. The normalized spacial score (nSPS) is 17.6. The third-order valence-corrected chi connectivity index (χ3v) is 15.1. The van der Waals surface area contributed by atoms with Gasteiger partial charge in [-0.2, -0.15) is 0 Å². The zero-order chi connectivity index (χ0) is 77.0. The highest BCUT2D eigenvalue weighted by Crippen LogP contribution is 2.47. The molecule has 0 spiro atoms. The van der Waals surface area contributed by atoms with Gasteiger partial charge in [0.05, 0.1) is 106 Å². The lowest BCUT2D eigenvalue weighted by Gasteiger charge is -2.29. The van der Waals surface area contributed by atoms with Crippen LogP contribution < -0.4 is 37.2 Å². The molecule has 2 rings (SSSR count). The van der Waals surface area contributed by atoms with E-state index in [1.807, 2.05) is 151 Å². The van der Waals surface area contributed by atoms with E-state index in [4.69, 9.17) is 37.8 Å². The van der Waals surface area contributed by atoms with Crippen LogP contribution >= 0.6 is 7.60 Å². The molecule has 0 aliphatic heterocycles. The zero-order valence-corrected chi connectivity index (χ0v) is 68.2. The van der Waals surface area contributed by atoms with Crippen LogP contribution in [-0.4, -0.2) is 216 Å². The van der Waals surface area contributed by atoms with Gasteiger partial charge in [-0.15, -0.1) is 0 Å². The molecule has 5 unspecified atom stereocenters. The molecule has 23 nitrogen and oxygen atoms in total. The number of amides is 3. The molecule has 1 aromatic carbocycles. The number of phenols is 1. The van der Waals surface area contributed by atoms with Gasteiger partial charge in [0.1, 0.15) is 11.8 Å². The van der Waals surface area contributed by atoms with E-state index in [1.54, 1.807) is 19.1 Å². The molecular formula is C74H150N7O16P.